The van der Waals surface area contributed by atoms with Crippen molar-refractivity contribution in [2.45, 2.75) is 13.5 Å². The Morgan fingerprint density at radius 3 is 2.68 bits per heavy atom. The van der Waals surface area contributed by atoms with Gasteiger partial charge in [-0.1, -0.05) is 29.8 Å². The number of rotatable bonds is 4. The van der Waals surface area contributed by atoms with Gasteiger partial charge in [0.2, 0.25) is 5.78 Å². The molecule has 25 heavy (non-hydrogen) atoms. The summed E-state index contributed by atoms with van der Waals surface area (Å²) >= 11 is 0. The maximum Gasteiger partial charge on any atom is 0.209 e. The molecule has 0 saturated heterocycles. The molecule has 0 bridgehead atoms. The van der Waals surface area contributed by atoms with E-state index in [9.17, 15) is 4.79 Å². The summed E-state index contributed by atoms with van der Waals surface area (Å²) in [6, 6.07) is 13.3. The number of benzene rings is 1. The third-order valence-electron chi connectivity index (χ3n) is 4.11. The van der Waals surface area contributed by atoms with Gasteiger partial charge in [-0.3, -0.25) is 9.78 Å². The number of fused-ring (bicyclic) bond motifs is 1. The predicted octanol–water partition coefficient (Wildman–Crippen LogP) is 3.41. The minimum absolute atomic E-state index is 0.0125. The molecule has 0 aliphatic heterocycles. The fourth-order valence-electron chi connectivity index (χ4n) is 2.79. The largest absolute Gasteiger partial charge is 0.340 e. The fourth-order valence-corrected chi connectivity index (χ4v) is 2.79. The summed E-state index contributed by atoms with van der Waals surface area (Å²) < 4.78 is 1.93. The average molecular weight is 328 g/mol. The minimum Gasteiger partial charge on any atom is -0.340 e. The lowest BCUT2D eigenvalue weighted by atomic mass is 10.1. The van der Waals surface area contributed by atoms with Crippen LogP contribution in [0.3, 0.4) is 0 Å². The SMILES string of the molecule is Cc1ccc(C(=O)c2cccn2Cc2cnc3nccnc3c2)cc1. The van der Waals surface area contributed by atoms with Crippen molar-refractivity contribution in [3.05, 3.63) is 89.6 Å². The number of carbonyl (C=O) groups excluding carboxylic acids is 1. The van der Waals surface area contributed by atoms with Crippen molar-refractivity contribution in [2.24, 2.45) is 0 Å². The van der Waals surface area contributed by atoms with Gasteiger partial charge in [-0.2, -0.15) is 0 Å². The number of pyridine rings is 1. The zero-order valence-electron chi connectivity index (χ0n) is 13.8. The third-order valence-corrected chi connectivity index (χ3v) is 4.11. The Balaban J connectivity index is 1.64. The Hall–Kier alpha value is -3.34. The van der Waals surface area contributed by atoms with Gasteiger partial charge >= 0.3 is 0 Å². The van der Waals surface area contributed by atoms with E-state index >= 15 is 0 Å². The first-order chi connectivity index (χ1) is 12.2. The molecule has 0 saturated carbocycles. The number of aromatic nitrogens is 4. The molecule has 0 fully saturated rings. The van der Waals surface area contributed by atoms with E-state index in [-0.39, 0.29) is 5.78 Å². The lowest BCUT2D eigenvalue weighted by Gasteiger charge is -2.09. The molecule has 0 unspecified atom stereocenters. The normalized spacial score (nSPS) is 10.9. The Morgan fingerprint density at radius 1 is 1.04 bits per heavy atom. The van der Waals surface area contributed by atoms with E-state index in [0.29, 0.717) is 23.4 Å². The molecular formula is C20H16N4O. The van der Waals surface area contributed by atoms with Gasteiger partial charge in [-0.15, -0.1) is 0 Å². The van der Waals surface area contributed by atoms with Crippen LogP contribution in [0.15, 0.2) is 67.3 Å². The first kappa shape index (κ1) is 15.2. The molecule has 0 spiro atoms. The van der Waals surface area contributed by atoms with Gasteiger partial charge in [-0.25, -0.2) is 9.97 Å². The lowest BCUT2D eigenvalue weighted by molar-refractivity contribution is 0.103. The monoisotopic (exact) mass is 328 g/mol. The van der Waals surface area contributed by atoms with Crippen molar-refractivity contribution in [3.63, 3.8) is 0 Å². The molecule has 0 atom stereocenters. The number of nitrogens with zero attached hydrogens (tertiary/aromatic N) is 4. The molecule has 3 aromatic heterocycles. The van der Waals surface area contributed by atoms with Crippen molar-refractivity contribution in [3.8, 4) is 0 Å². The van der Waals surface area contributed by atoms with E-state index < -0.39 is 0 Å². The van der Waals surface area contributed by atoms with Crippen molar-refractivity contribution >= 4 is 16.9 Å². The van der Waals surface area contributed by atoms with Crippen LogP contribution in [0.25, 0.3) is 11.2 Å². The molecule has 3 heterocycles. The van der Waals surface area contributed by atoms with Crippen LogP contribution in [0, 0.1) is 6.92 Å². The standard InChI is InChI=1S/C20H16N4O/c1-14-4-6-16(7-5-14)19(25)18-3-2-10-24(18)13-15-11-17-20(23-12-15)22-9-8-21-17/h2-12H,13H2,1H3. The summed E-state index contributed by atoms with van der Waals surface area (Å²) in [5.74, 6) is 0.0125. The molecule has 0 radical (unpaired) electrons. The third kappa shape index (κ3) is 3.04. The van der Waals surface area contributed by atoms with Crippen molar-refractivity contribution in [1.82, 2.24) is 19.5 Å². The van der Waals surface area contributed by atoms with Gasteiger partial charge in [0.05, 0.1) is 5.69 Å². The van der Waals surface area contributed by atoms with Gasteiger partial charge < -0.3 is 4.57 Å². The van der Waals surface area contributed by atoms with Gasteiger partial charge in [-0.05, 0) is 30.7 Å². The van der Waals surface area contributed by atoms with Crippen LogP contribution in [0.2, 0.25) is 0 Å². The van der Waals surface area contributed by atoms with Gasteiger partial charge in [0.15, 0.2) is 5.65 Å². The van der Waals surface area contributed by atoms with Crippen molar-refractivity contribution in [2.75, 3.05) is 0 Å². The van der Waals surface area contributed by atoms with Gasteiger partial charge in [0, 0.05) is 36.9 Å². The zero-order valence-corrected chi connectivity index (χ0v) is 13.8. The predicted molar refractivity (Wildman–Crippen MR) is 95.5 cm³/mol. The van der Waals surface area contributed by atoms with E-state index in [1.54, 1.807) is 18.6 Å². The highest BCUT2D eigenvalue weighted by molar-refractivity contribution is 6.08. The second kappa shape index (κ2) is 6.28. The molecule has 5 heteroatoms. The fraction of sp³-hybridized carbons (Fsp3) is 0.100. The molecule has 122 valence electrons. The number of aryl methyl sites for hydroxylation is 1. The van der Waals surface area contributed by atoms with E-state index in [0.717, 1.165) is 16.6 Å². The molecule has 5 nitrogen and oxygen atoms in total. The van der Waals surface area contributed by atoms with E-state index in [2.05, 4.69) is 15.0 Å². The smallest absolute Gasteiger partial charge is 0.209 e. The van der Waals surface area contributed by atoms with Crippen molar-refractivity contribution in [1.29, 1.82) is 0 Å². The molecule has 0 aliphatic rings. The number of carbonyl (C=O) groups is 1. The van der Waals surface area contributed by atoms with E-state index in [1.165, 1.54) is 0 Å². The summed E-state index contributed by atoms with van der Waals surface area (Å²) in [5.41, 5.74) is 4.82. The van der Waals surface area contributed by atoms with Crippen LogP contribution in [-0.2, 0) is 6.54 Å². The van der Waals surface area contributed by atoms with Crippen LogP contribution < -0.4 is 0 Å². The highest BCUT2D eigenvalue weighted by Gasteiger charge is 2.13. The molecule has 1 aromatic carbocycles. The second-order valence-corrected chi connectivity index (χ2v) is 5.96. The molecule has 4 aromatic rings. The topological polar surface area (TPSA) is 60.7 Å². The van der Waals surface area contributed by atoms with E-state index in [4.69, 9.17) is 0 Å². The highest BCUT2D eigenvalue weighted by Crippen LogP contribution is 2.15. The summed E-state index contributed by atoms with van der Waals surface area (Å²) in [6.45, 7) is 2.56. The molecular weight excluding hydrogens is 312 g/mol. The first-order valence-corrected chi connectivity index (χ1v) is 8.03. The number of hydrogen-bond acceptors (Lipinski definition) is 4. The van der Waals surface area contributed by atoms with E-state index in [1.807, 2.05) is 60.2 Å². The summed E-state index contributed by atoms with van der Waals surface area (Å²) in [5, 5.41) is 0. The van der Waals surface area contributed by atoms with Crippen LogP contribution in [0.5, 0.6) is 0 Å². The Bertz CT molecular complexity index is 1050. The average Bonchev–Trinajstić information content (AvgIpc) is 3.10. The Labute approximate surface area is 145 Å². The molecule has 4 rings (SSSR count). The van der Waals surface area contributed by atoms with Crippen LogP contribution in [0.4, 0.5) is 0 Å². The van der Waals surface area contributed by atoms with Crippen molar-refractivity contribution < 1.29 is 4.79 Å². The molecule has 0 N–H and O–H groups in total. The Morgan fingerprint density at radius 2 is 1.84 bits per heavy atom. The zero-order chi connectivity index (χ0) is 17.2. The molecule has 0 aliphatic carbocycles. The minimum atomic E-state index is 0.0125. The number of ketones is 1. The van der Waals surface area contributed by atoms with Gasteiger partial charge in [0.1, 0.15) is 5.52 Å². The van der Waals surface area contributed by atoms with Crippen LogP contribution in [-0.4, -0.2) is 25.3 Å². The first-order valence-electron chi connectivity index (χ1n) is 8.03. The number of hydrogen-bond donors (Lipinski definition) is 0. The Kier molecular flexibility index (Phi) is 3.82. The summed E-state index contributed by atoms with van der Waals surface area (Å²) in [7, 11) is 0. The van der Waals surface area contributed by atoms with Crippen LogP contribution >= 0.6 is 0 Å². The summed E-state index contributed by atoms with van der Waals surface area (Å²) in [6.07, 6.45) is 6.95. The van der Waals surface area contributed by atoms with Gasteiger partial charge in [0.25, 0.3) is 0 Å². The van der Waals surface area contributed by atoms with Crippen LogP contribution in [0.1, 0.15) is 27.2 Å². The maximum absolute atomic E-state index is 12.8. The second-order valence-electron chi connectivity index (χ2n) is 5.96. The summed E-state index contributed by atoms with van der Waals surface area (Å²) in [4.78, 5) is 25.6. The maximum atomic E-state index is 12.8. The highest BCUT2D eigenvalue weighted by atomic mass is 16.1. The lowest BCUT2D eigenvalue weighted by Crippen LogP contribution is -2.10. The quantitative estimate of drug-likeness (QED) is 0.539. The molecule has 0 amide bonds.